The Morgan fingerprint density at radius 1 is 1.62 bits per heavy atom. The first-order valence-electron chi connectivity index (χ1n) is 2.16. The summed E-state index contributed by atoms with van der Waals surface area (Å²) in [4.78, 5) is 12.3. The van der Waals surface area contributed by atoms with Gasteiger partial charge < -0.3 is 10.1 Å². The maximum absolute atomic E-state index is 9.88. The number of nitrogens with one attached hydrogen (secondary N) is 1. The summed E-state index contributed by atoms with van der Waals surface area (Å²) in [6, 6.07) is 2.92. The Balaban J connectivity index is 3.00. The smallest absolute Gasteiger partial charge is 0.188 e. The molecule has 0 aliphatic rings. The third-order valence-corrected chi connectivity index (χ3v) is 0.820. The van der Waals surface area contributed by atoms with Gasteiger partial charge in [-0.15, -0.1) is 0 Å². The van der Waals surface area contributed by atoms with Crippen LogP contribution in [0.2, 0.25) is 0 Å². The van der Waals surface area contributed by atoms with Gasteiger partial charge in [0.05, 0.1) is 5.69 Å². The molecule has 1 rings (SSSR count). The van der Waals surface area contributed by atoms with Crippen LogP contribution in [0.5, 0.6) is 5.88 Å². The molecule has 0 spiro atoms. The zero-order valence-corrected chi connectivity index (χ0v) is 4.09. The lowest BCUT2D eigenvalue weighted by Crippen LogP contribution is -1.73. The van der Waals surface area contributed by atoms with E-state index < -0.39 is 0 Å². The lowest BCUT2D eigenvalue weighted by molar-refractivity contribution is 0.111. The number of hydrogen-bond acceptors (Lipinski definition) is 2. The SMILES string of the molecule is O=Cc1ccc(O)[nH]1. The molecule has 0 amide bonds. The van der Waals surface area contributed by atoms with Crippen molar-refractivity contribution in [3.8, 4) is 5.88 Å². The minimum atomic E-state index is 0.0205. The number of aromatic amines is 1. The van der Waals surface area contributed by atoms with Crippen molar-refractivity contribution in [1.82, 2.24) is 4.98 Å². The molecule has 42 valence electrons. The third kappa shape index (κ3) is 0.703. The molecular weight excluding hydrogens is 106 g/mol. The van der Waals surface area contributed by atoms with Gasteiger partial charge in [-0.2, -0.15) is 0 Å². The molecule has 0 aromatic carbocycles. The van der Waals surface area contributed by atoms with E-state index in [2.05, 4.69) is 4.98 Å². The Hall–Kier alpha value is -1.25. The molecule has 0 saturated heterocycles. The van der Waals surface area contributed by atoms with Crippen molar-refractivity contribution >= 4 is 6.29 Å². The zero-order chi connectivity index (χ0) is 5.98. The van der Waals surface area contributed by atoms with Crippen LogP contribution in [-0.2, 0) is 0 Å². The number of hydrogen-bond donors (Lipinski definition) is 2. The maximum Gasteiger partial charge on any atom is 0.188 e. The van der Waals surface area contributed by atoms with Gasteiger partial charge in [-0.3, -0.25) is 4.79 Å². The van der Waals surface area contributed by atoms with E-state index in [1.54, 1.807) is 0 Å². The van der Waals surface area contributed by atoms with Gasteiger partial charge in [0, 0.05) is 6.07 Å². The van der Waals surface area contributed by atoms with Crippen LogP contribution in [0.1, 0.15) is 10.5 Å². The zero-order valence-electron chi connectivity index (χ0n) is 4.09. The predicted octanol–water partition coefficient (Wildman–Crippen LogP) is 0.533. The van der Waals surface area contributed by atoms with Crippen molar-refractivity contribution in [1.29, 1.82) is 0 Å². The molecular formula is C5H5NO2. The van der Waals surface area contributed by atoms with Crippen LogP contribution < -0.4 is 0 Å². The van der Waals surface area contributed by atoms with Crippen LogP contribution in [0.4, 0.5) is 0 Å². The first-order valence-corrected chi connectivity index (χ1v) is 2.16. The number of rotatable bonds is 1. The van der Waals surface area contributed by atoms with Crippen LogP contribution in [0.3, 0.4) is 0 Å². The number of aromatic nitrogens is 1. The van der Waals surface area contributed by atoms with Crippen molar-refractivity contribution in [2.45, 2.75) is 0 Å². The molecule has 0 aliphatic carbocycles. The topological polar surface area (TPSA) is 53.1 Å². The molecule has 0 unspecified atom stereocenters. The van der Waals surface area contributed by atoms with E-state index in [4.69, 9.17) is 5.11 Å². The van der Waals surface area contributed by atoms with Crippen molar-refractivity contribution in [3.05, 3.63) is 17.8 Å². The van der Waals surface area contributed by atoms with Gasteiger partial charge in [-0.25, -0.2) is 0 Å². The Kier molecular flexibility index (Phi) is 1.04. The summed E-state index contributed by atoms with van der Waals surface area (Å²) in [6.45, 7) is 0. The number of carbonyl (C=O) groups is 1. The van der Waals surface area contributed by atoms with E-state index in [-0.39, 0.29) is 5.88 Å². The summed E-state index contributed by atoms with van der Waals surface area (Å²) in [5.41, 5.74) is 0.391. The Labute approximate surface area is 46.0 Å². The Morgan fingerprint density at radius 2 is 2.38 bits per heavy atom. The van der Waals surface area contributed by atoms with Crippen LogP contribution in [0, 0.1) is 0 Å². The van der Waals surface area contributed by atoms with E-state index >= 15 is 0 Å². The van der Waals surface area contributed by atoms with Gasteiger partial charge in [0.1, 0.15) is 0 Å². The number of H-pyrrole nitrogens is 1. The van der Waals surface area contributed by atoms with Crippen LogP contribution in [0.15, 0.2) is 12.1 Å². The highest BCUT2D eigenvalue weighted by atomic mass is 16.3. The Morgan fingerprint density at radius 3 is 2.62 bits per heavy atom. The second-order valence-electron chi connectivity index (χ2n) is 1.42. The lowest BCUT2D eigenvalue weighted by Gasteiger charge is -1.76. The summed E-state index contributed by atoms with van der Waals surface area (Å²) >= 11 is 0. The first-order chi connectivity index (χ1) is 3.83. The third-order valence-electron chi connectivity index (χ3n) is 0.820. The molecule has 0 bridgehead atoms. The van der Waals surface area contributed by atoms with Gasteiger partial charge in [0.15, 0.2) is 12.2 Å². The average molecular weight is 111 g/mol. The second-order valence-corrected chi connectivity index (χ2v) is 1.42. The van der Waals surface area contributed by atoms with Gasteiger partial charge in [0.25, 0.3) is 0 Å². The molecule has 3 nitrogen and oxygen atoms in total. The average Bonchev–Trinajstić information content (AvgIpc) is 2.14. The molecule has 0 radical (unpaired) electrons. The van der Waals surface area contributed by atoms with Gasteiger partial charge in [-0.05, 0) is 6.07 Å². The molecule has 1 heterocycles. The van der Waals surface area contributed by atoms with Crippen molar-refractivity contribution < 1.29 is 9.90 Å². The molecule has 0 saturated carbocycles. The highest BCUT2D eigenvalue weighted by Gasteiger charge is 1.90. The molecule has 1 aromatic heterocycles. The summed E-state index contributed by atoms with van der Waals surface area (Å²) in [7, 11) is 0. The molecule has 0 atom stereocenters. The molecule has 1 aromatic rings. The summed E-state index contributed by atoms with van der Waals surface area (Å²) in [6.07, 6.45) is 0.639. The fourth-order valence-electron chi connectivity index (χ4n) is 0.469. The van der Waals surface area contributed by atoms with Gasteiger partial charge in [-0.1, -0.05) is 0 Å². The van der Waals surface area contributed by atoms with Crippen LogP contribution >= 0.6 is 0 Å². The molecule has 8 heavy (non-hydrogen) atoms. The van der Waals surface area contributed by atoms with E-state index in [9.17, 15) is 4.79 Å². The fourth-order valence-corrected chi connectivity index (χ4v) is 0.469. The second kappa shape index (κ2) is 1.69. The maximum atomic E-state index is 9.88. The summed E-state index contributed by atoms with van der Waals surface area (Å²) in [5, 5.41) is 8.57. The van der Waals surface area contributed by atoms with Crippen molar-refractivity contribution in [2.24, 2.45) is 0 Å². The minimum absolute atomic E-state index is 0.0205. The standard InChI is InChI=1S/C5H5NO2/c7-3-4-1-2-5(8)6-4/h1-3,6,8H. The minimum Gasteiger partial charge on any atom is -0.495 e. The quantitative estimate of drug-likeness (QED) is 0.519. The number of aldehydes is 1. The lowest BCUT2D eigenvalue weighted by atomic mass is 10.5. The van der Waals surface area contributed by atoms with Crippen LogP contribution in [0.25, 0.3) is 0 Å². The number of carbonyl (C=O) groups excluding carboxylic acids is 1. The summed E-state index contributed by atoms with van der Waals surface area (Å²) in [5.74, 6) is 0.0205. The largest absolute Gasteiger partial charge is 0.495 e. The predicted molar refractivity (Wildman–Crippen MR) is 27.8 cm³/mol. The van der Waals surface area contributed by atoms with E-state index in [0.29, 0.717) is 12.0 Å². The van der Waals surface area contributed by atoms with E-state index in [1.807, 2.05) is 0 Å². The van der Waals surface area contributed by atoms with Crippen molar-refractivity contribution in [2.75, 3.05) is 0 Å². The van der Waals surface area contributed by atoms with Gasteiger partial charge >= 0.3 is 0 Å². The molecule has 2 N–H and O–H groups in total. The molecule has 0 aliphatic heterocycles. The number of aromatic hydroxyl groups is 1. The fraction of sp³-hybridized carbons (Fsp3) is 0. The van der Waals surface area contributed by atoms with Crippen LogP contribution in [-0.4, -0.2) is 16.4 Å². The first kappa shape index (κ1) is 4.90. The van der Waals surface area contributed by atoms with Crippen molar-refractivity contribution in [3.63, 3.8) is 0 Å². The monoisotopic (exact) mass is 111 g/mol. The Bertz CT molecular complexity index is 192. The normalized spacial score (nSPS) is 9.00. The van der Waals surface area contributed by atoms with E-state index in [0.717, 1.165) is 0 Å². The van der Waals surface area contributed by atoms with E-state index in [1.165, 1.54) is 12.1 Å². The molecule has 0 fully saturated rings. The highest BCUT2D eigenvalue weighted by Crippen LogP contribution is 2.03. The van der Waals surface area contributed by atoms with Gasteiger partial charge in [0.2, 0.25) is 0 Å². The highest BCUT2D eigenvalue weighted by molar-refractivity contribution is 5.72. The summed E-state index contributed by atoms with van der Waals surface area (Å²) < 4.78 is 0. The molecule has 3 heteroatoms.